The second-order valence-electron chi connectivity index (χ2n) is 7.31. The Morgan fingerprint density at radius 3 is 2.29 bits per heavy atom. The molecule has 1 atom stereocenters. The number of methoxy groups -OCH3 is 1. The van der Waals surface area contributed by atoms with E-state index in [1.807, 2.05) is 5.32 Å². The number of rotatable bonds is 10. The standard InChI is InChI=1S/C21H23N3O9S/c1-13(2)19(23-34(30,31)17-9-7-16(32-3)8-10-17)21(27)33-12-18(25)22-20(26)14-5-4-6-15(11-14)24(28)29/h4-11,13,19,23H,12H2,1-3H3,(H,22,25,26)/t19-/m1/s1. The van der Waals surface area contributed by atoms with E-state index in [1.54, 1.807) is 13.8 Å². The minimum absolute atomic E-state index is 0.105. The van der Waals surface area contributed by atoms with Crippen LogP contribution in [-0.2, 0) is 24.3 Å². The van der Waals surface area contributed by atoms with Gasteiger partial charge in [0.25, 0.3) is 17.5 Å². The summed E-state index contributed by atoms with van der Waals surface area (Å²) in [5, 5.41) is 12.8. The summed E-state index contributed by atoms with van der Waals surface area (Å²) >= 11 is 0. The number of hydrogen-bond donors (Lipinski definition) is 2. The highest BCUT2D eigenvalue weighted by molar-refractivity contribution is 7.89. The van der Waals surface area contributed by atoms with E-state index in [0.717, 1.165) is 6.07 Å². The van der Waals surface area contributed by atoms with Gasteiger partial charge >= 0.3 is 5.97 Å². The van der Waals surface area contributed by atoms with Crippen LogP contribution in [0.5, 0.6) is 5.75 Å². The Morgan fingerprint density at radius 2 is 1.74 bits per heavy atom. The summed E-state index contributed by atoms with van der Waals surface area (Å²) in [4.78, 5) is 46.6. The fourth-order valence-corrected chi connectivity index (χ4v) is 4.00. The fraction of sp³-hybridized carbons (Fsp3) is 0.286. The van der Waals surface area contributed by atoms with Crippen LogP contribution in [0.4, 0.5) is 5.69 Å². The smallest absolute Gasteiger partial charge is 0.324 e. The van der Waals surface area contributed by atoms with Gasteiger partial charge in [-0.1, -0.05) is 19.9 Å². The van der Waals surface area contributed by atoms with Gasteiger partial charge in [-0.2, -0.15) is 4.72 Å². The Kier molecular flexibility index (Phi) is 8.81. The van der Waals surface area contributed by atoms with Gasteiger partial charge in [-0.05, 0) is 36.2 Å². The van der Waals surface area contributed by atoms with E-state index < -0.39 is 51.3 Å². The van der Waals surface area contributed by atoms with Crippen LogP contribution in [0.15, 0.2) is 53.4 Å². The van der Waals surface area contributed by atoms with Crippen LogP contribution in [0.3, 0.4) is 0 Å². The van der Waals surface area contributed by atoms with Crippen LogP contribution in [0.2, 0.25) is 0 Å². The molecule has 2 aromatic carbocycles. The van der Waals surface area contributed by atoms with Crippen LogP contribution in [-0.4, -0.2) is 50.9 Å². The molecule has 0 aliphatic rings. The monoisotopic (exact) mass is 493 g/mol. The number of carbonyl (C=O) groups is 3. The van der Waals surface area contributed by atoms with Crippen molar-refractivity contribution in [2.75, 3.05) is 13.7 Å². The number of hydrogen-bond acceptors (Lipinski definition) is 9. The van der Waals surface area contributed by atoms with E-state index in [0.29, 0.717) is 5.75 Å². The number of esters is 1. The molecule has 34 heavy (non-hydrogen) atoms. The summed E-state index contributed by atoms with van der Waals surface area (Å²) in [5.74, 6) is -3.03. The topological polar surface area (TPSA) is 171 Å². The highest BCUT2D eigenvalue weighted by Gasteiger charge is 2.30. The molecule has 2 rings (SSSR count). The molecule has 13 heteroatoms. The SMILES string of the molecule is COc1ccc(S(=O)(=O)N[C@@H](C(=O)OCC(=O)NC(=O)c2cccc([N+](=O)[O-])c2)C(C)C)cc1. The first-order chi connectivity index (χ1) is 15.9. The summed E-state index contributed by atoms with van der Waals surface area (Å²) < 4.78 is 37.4. The van der Waals surface area contributed by atoms with Gasteiger partial charge in [0.05, 0.1) is 16.9 Å². The number of imide groups is 1. The lowest BCUT2D eigenvalue weighted by atomic mass is 10.1. The van der Waals surface area contributed by atoms with E-state index >= 15 is 0 Å². The summed E-state index contributed by atoms with van der Waals surface area (Å²) in [6.07, 6.45) is 0. The van der Waals surface area contributed by atoms with E-state index in [2.05, 4.69) is 4.72 Å². The second kappa shape index (κ2) is 11.3. The van der Waals surface area contributed by atoms with E-state index in [-0.39, 0.29) is 16.1 Å². The highest BCUT2D eigenvalue weighted by atomic mass is 32.2. The molecule has 0 aliphatic heterocycles. The summed E-state index contributed by atoms with van der Waals surface area (Å²) in [5.41, 5.74) is -0.475. The van der Waals surface area contributed by atoms with Gasteiger partial charge in [0.2, 0.25) is 10.0 Å². The van der Waals surface area contributed by atoms with Crippen molar-refractivity contribution in [1.29, 1.82) is 0 Å². The van der Waals surface area contributed by atoms with Crippen molar-refractivity contribution >= 4 is 33.5 Å². The molecule has 0 radical (unpaired) electrons. The predicted molar refractivity (Wildman–Crippen MR) is 118 cm³/mol. The molecule has 2 aromatic rings. The number of sulfonamides is 1. The zero-order valence-electron chi connectivity index (χ0n) is 18.5. The van der Waals surface area contributed by atoms with Crippen molar-refractivity contribution in [3.05, 3.63) is 64.2 Å². The van der Waals surface area contributed by atoms with Crippen molar-refractivity contribution in [3.8, 4) is 5.75 Å². The summed E-state index contributed by atoms with van der Waals surface area (Å²) in [6.45, 7) is 2.29. The van der Waals surface area contributed by atoms with Crippen molar-refractivity contribution in [2.24, 2.45) is 5.92 Å². The second-order valence-corrected chi connectivity index (χ2v) is 9.02. The number of nitro benzene ring substituents is 1. The first-order valence-corrected chi connectivity index (χ1v) is 11.3. The number of non-ortho nitro benzene ring substituents is 1. The van der Waals surface area contributed by atoms with Crippen LogP contribution in [0.25, 0.3) is 0 Å². The Hall–Kier alpha value is -3.84. The first kappa shape index (κ1) is 26.4. The zero-order valence-corrected chi connectivity index (χ0v) is 19.3. The number of nitro groups is 1. The van der Waals surface area contributed by atoms with Crippen molar-refractivity contribution in [3.63, 3.8) is 0 Å². The van der Waals surface area contributed by atoms with Crippen LogP contribution < -0.4 is 14.8 Å². The minimum Gasteiger partial charge on any atom is -0.497 e. The third-order valence-corrected chi connectivity index (χ3v) is 5.95. The molecule has 0 fully saturated rings. The van der Waals surface area contributed by atoms with Gasteiger partial charge in [-0.15, -0.1) is 0 Å². The lowest BCUT2D eigenvalue weighted by molar-refractivity contribution is -0.384. The number of nitrogens with one attached hydrogen (secondary N) is 2. The third-order valence-electron chi connectivity index (χ3n) is 4.49. The normalized spacial score (nSPS) is 12.0. The quantitative estimate of drug-likeness (QED) is 0.282. The molecule has 0 aromatic heterocycles. The van der Waals surface area contributed by atoms with Crippen molar-refractivity contribution < 1.29 is 37.2 Å². The van der Waals surface area contributed by atoms with Crippen LogP contribution in [0, 0.1) is 16.0 Å². The number of nitrogens with zero attached hydrogens (tertiary/aromatic N) is 1. The van der Waals surface area contributed by atoms with Gasteiger partial charge in [-0.25, -0.2) is 8.42 Å². The average molecular weight is 493 g/mol. The Labute approximate surface area is 195 Å². The van der Waals surface area contributed by atoms with Gasteiger partial charge in [0.15, 0.2) is 6.61 Å². The van der Waals surface area contributed by atoms with Crippen LogP contribution >= 0.6 is 0 Å². The van der Waals surface area contributed by atoms with E-state index in [1.165, 1.54) is 49.6 Å². The lowest BCUT2D eigenvalue weighted by Gasteiger charge is -2.20. The molecule has 0 bridgehead atoms. The predicted octanol–water partition coefficient (Wildman–Crippen LogP) is 1.41. The first-order valence-electron chi connectivity index (χ1n) is 9.86. The van der Waals surface area contributed by atoms with Gasteiger partial charge in [0, 0.05) is 17.7 Å². The molecule has 12 nitrogen and oxygen atoms in total. The Balaban J connectivity index is 2.00. The molecule has 0 unspecified atom stereocenters. The van der Waals surface area contributed by atoms with Gasteiger partial charge in [-0.3, -0.25) is 29.8 Å². The van der Waals surface area contributed by atoms with E-state index in [4.69, 9.17) is 9.47 Å². The van der Waals surface area contributed by atoms with Crippen molar-refractivity contribution in [2.45, 2.75) is 24.8 Å². The molecule has 0 heterocycles. The summed E-state index contributed by atoms with van der Waals surface area (Å²) in [6, 6.07) is 8.89. The largest absolute Gasteiger partial charge is 0.497 e. The molecular formula is C21H23N3O9S. The number of amides is 2. The third kappa shape index (κ3) is 7.08. The average Bonchev–Trinajstić information content (AvgIpc) is 2.80. The number of carbonyl (C=O) groups excluding carboxylic acids is 3. The molecule has 2 amide bonds. The molecule has 182 valence electrons. The molecule has 2 N–H and O–H groups in total. The maximum absolute atomic E-state index is 12.6. The highest BCUT2D eigenvalue weighted by Crippen LogP contribution is 2.17. The van der Waals surface area contributed by atoms with Crippen molar-refractivity contribution in [1.82, 2.24) is 10.0 Å². The number of ether oxygens (including phenoxy) is 2. The van der Waals surface area contributed by atoms with Gasteiger partial charge in [0.1, 0.15) is 11.8 Å². The molecule has 0 saturated heterocycles. The van der Waals surface area contributed by atoms with Gasteiger partial charge < -0.3 is 9.47 Å². The molecule has 0 aliphatic carbocycles. The fourth-order valence-electron chi connectivity index (χ4n) is 2.67. The molecular weight excluding hydrogens is 470 g/mol. The molecule has 0 saturated carbocycles. The zero-order chi connectivity index (χ0) is 25.5. The number of benzene rings is 2. The Bertz CT molecular complexity index is 1180. The maximum atomic E-state index is 12.6. The van der Waals surface area contributed by atoms with E-state index in [9.17, 15) is 32.9 Å². The summed E-state index contributed by atoms with van der Waals surface area (Å²) in [7, 11) is -2.66. The van der Waals surface area contributed by atoms with Crippen LogP contribution in [0.1, 0.15) is 24.2 Å². The lowest BCUT2D eigenvalue weighted by Crippen LogP contribution is -2.46. The maximum Gasteiger partial charge on any atom is 0.324 e. The minimum atomic E-state index is -4.10. The Morgan fingerprint density at radius 1 is 1.09 bits per heavy atom. The molecule has 0 spiro atoms.